The maximum absolute atomic E-state index is 13.3. The summed E-state index contributed by atoms with van der Waals surface area (Å²) in [4.78, 5) is 15.3. The van der Waals surface area contributed by atoms with Gasteiger partial charge in [0.1, 0.15) is 11.9 Å². The smallest absolute Gasteiger partial charge is 0.250 e. The van der Waals surface area contributed by atoms with Crippen LogP contribution in [0.4, 0.5) is 0 Å². The van der Waals surface area contributed by atoms with Crippen molar-refractivity contribution in [2.45, 2.75) is 50.7 Å². The number of amides is 1. The number of aromatic nitrogens is 4. The molecule has 2 aliphatic rings. The number of halogens is 1. The minimum absolute atomic E-state index is 0. The van der Waals surface area contributed by atoms with Gasteiger partial charge in [0.05, 0.1) is 6.10 Å². The van der Waals surface area contributed by atoms with Crippen molar-refractivity contribution in [3.05, 3.63) is 6.33 Å². The highest BCUT2D eigenvalue weighted by Gasteiger charge is 2.48. The van der Waals surface area contributed by atoms with Gasteiger partial charge in [-0.3, -0.25) is 4.79 Å². The monoisotopic (exact) mass is 358 g/mol. The number of ether oxygens (including phenoxy) is 1. The van der Waals surface area contributed by atoms with Crippen LogP contribution in [-0.2, 0) is 15.1 Å². The summed E-state index contributed by atoms with van der Waals surface area (Å²) < 4.78 is 7.44. The molecule has 1 aromatic rings. The molecule has 0 aromatic carbocycles. The molecule has 0 spiro atoms. The van der Waals surface area contributed by atoms with Crippen LogP contribution in [0.15, 0.2) is 6.33 Å². The molecule has 9 heteroatoms. The van der Waals surface area contributed by atoms with Gasteiger partial charge in [0, 0.05) is 25.6 Å². The van der Waals surface area contributed by atoms with Crippen LogP contribution in [0, 0.1) is 5.92 Å². The number of rotatable bonds is 5. The van der Waals surface area contributed by atoms with Gasteiger partial charge in [-0.05, 0) is 36.7 Å². The fraction of sp³-hybridized carbons (Fsp3) is 0.867. The largest absolute Gasteiger partial charge is 0.376 e. The van der Waals surface area contributed by atoms with Crippen LogP contribution >= 0.6 is 12.4 Å². The Morgan fingerprint density at radius 2 is 2.08 bits per heavy atom. The Morgan fingerprint density at radius 3 is 2.67 bits per heavy atom. The zero-order chi connectivity index (χ0) is 16.3. The molecule has 1 saturated heterocycles. The van der Waals surface area contributed by atoms with Gasteiger partial charge in [-0.1, -0.05) is 19.3 Å². The number of tetrazole rings is 1. The van der Waals surface area contributed by atoms with E-state index >= 15 is 0 Å². The van der Waals surface area contributed by atoms with Crippen molar-refractivity contribution in [1.29, 1.82) is 0 Å². The lowest BCUT2D eigenvalue weighted by Gasteiger charge is -2.38. The molecule has 0 bridgehead atoms. The van der Waals surface area contributed by atoms with Crippen LogP contribution in [0.5, 0.6) is 0 Å². The van der Waals surface area contributed by atoms with Crippen LogP contribution in [0.1, 0.15) is 39.0 Å². The van der Waals surface area contributed by atoms with Crippen LogP contribution in [0.2, 0.25) is 0 Å². The lowest BCUT2D eigenvalue weighted by Crippen LogP contribution is -2.51. The number of nitrogens with zero attached hydrogens (tertiary/aromatic N) is 5. The molecule has 2 fully saturated rings. The first-order valence-electron chi connectivity index (χ1n) is 8.56. The van der Waals surface area contributed by atoms with Crippen molar-refractivity contribution in [2.24, 2.45) is 11.7 Å². The zero-order valence-electron chi connectivity index (χ0n) is 14.1. The summed E-state index contributed by atoms with van der Waals surface area (Å²) in [7, 11) is 0. The van der Waals surface area contributed by atoms with Crippen molar-refractivity contribution in [2.75, 3.05) is 26.2 Å². The van der Waals surface area contributed by atoms with Crippen molar-refractivity contribution in [3.8, 4) is 0 Å². The molecule has 2 N–H and O–H groups in total. The number of hydrogen-bond acceptors (Lipinski definition) is 6. The Hall–Kier alpha value is -1.25. The van der Waals surface area contributed by atoms with Gasteiger partial charge >= 0.3 is 0 Å². The SMILES string of the molecule is CCO[C@@H]1CN(C(=O)C2(n3cnnn3)CCCCC2)C[C@H]1CN.Cl. The Labute approximate surface area is 148 Å². The van der Waals surface area contributed by atoms with Gasteiger partial charge in [0.25, 0.3) is 5.91 Å². The Morgan fingerprint density at radius 1 is 1.33 bits per heavy atom. The molecule has 8 nitrogen and oxygen atoms in total. The summed E-state index contributed by atoms with van der Waals surface area (Å²) in [6.07, 6.45) is 6.39. The minimum Gasteiger partial charge on any atom is -0.376 e. The van der Waals surface area contributed by atoms with Crippen molar-refractivity contribution in [1.82, 2.24) is 25.1 Å². The van der Waals surface area contributed by atoms with E-state index < -0.39 is 5.54 Å². The lowest BCUT2D eigenvalue weighted by atomic mass is 9.80. The van der Waals surface area contributed by atoms with Crippen molar-refractivity contribution < 1.29 is 9.53 Å². The van der Waals surface area contributed by atoms with Gasteiger partial charge < -0.3 is 15.4 Å². The Kier molecular flexibility index (Phi) is 6.54. The first-order chi connectivity index (χ1) is 11.2. The topological polar surface area (TPSA) is 99.2 Å². The van der Waals surface area contributed by atoms with Crippen LogP contribution in [0.3, 0.4) is 0 Å². The number of likely N-dealkylation sites (tertiary alicyclic amines) is 1. The predicted octanol–water partition coefficient (Wildman–Crippen LogP) is 0.576. The van der Waals surface area contributed by atoms with E-state index in [2.05, 4.69) is 15.5 Å². The third-order valence-electron chi connectivity index (χ3n) is 5.22. The summed E-state index contributed by atoms with van der Waals surface area (Å²) >= 11 is 0. The number of carbonyl (C=O) groups excluding carboxylic acids is 1. The normalized spacial score (nSPS) is 26.2. The number of hydrogen-bond donors (Lipinski definition) is 1. The molecule has 0 radical (unpaired) electrons. The second kappa shape index (κ2) is 8.22. The summed E-state index contributed by atoms with van der Waals surface area (Å²) in [5, 5.41) is 11.5. The maximum atomic E-state index is 13.3. The Balaban J connectivity index is 0.00000208. The molecule has 1 aliphatic heterocycles. The molecular formula is C15H27ClN6O2. The van der Waals surface area contributed by atoms with Gasteiger partial charge in [-0.2, -0.15) is 0 Å². The van der Waals surface area contributed by atoms with E-state index in [9.17, 15) is 4.79 Å². The second-order valence-corrected chi connectivity index (χ2v) is 6.55. The van der Waals surface area contributed by atoms with E-state index in [1.165, 1.54) is 0 Å². The predicted molar refractivity (Wildman–Crippen MR) is 90.7 cm³/mol. The van der Waals surface area contributed by atoms with E-state index in [1.807, 2.05) is 11.8 Å². The highest BCUT2D eigenvalue weighted by molar-refractivity contribution is 5.85. The zero-order valence-corrected chi connectivity index (χ0v) is 15.0. The second-order valence-electron chi connectivity index (χ2n) is 6.55. The molecule has 3 rings (SSSR count). The summed E-state index contributed by atoms with van der Waals surface area (Å²) in [5.41, 5.74) is 5.23. The third-order valence-corrected chi connectivity index (χ3v) is 5.22. The molecule has 0 unspecified atom stereocenters. The minimum atomic E-state index is -0.637. The molecular weight excluding hydrogens is 332 g/mol. The van der Waals surface area contributed by atoms with E-state index in [-0.39, 0.29) is 30.3 Å². The standard InChI is InChI=1S/C15H26N6O2.ClH/c1-2-23-13-10-20(9-12(13)8-16)14(22)15(6-4-3-5-7-15)21-11-17-18-19-21;/h11-13H,2-10,16H2,1H3;1H/t12-,13-;/m1./s1. The van der Waals surface area contributed by atoms with Crippen LogP contribution in [-0.4, -0.2) is 63.4 Å². The first-order valence-corrected chi connectivity index (χ1v) is 8.56. The third kappa shape index (κ3) is 3.41. The van der Waals surface area contributed by atoms with E-state index in [0.29, 0.717) is 26.2 Å². The highest BCUT2D eigenvalue weighted by atomic mass is 35.5. The number of nitrogens with two attached hydrogens (primary N) is 1. The maximum Gasteiger partial charge on any atom is 0.250 e. The molecule has 1 saturated carbocycles. The quantitative estimate of drug-likeness (QED) is 0.826. The molecule has 1 aromatic heterocycles. The summed E-state index contributed by atoms with van der Waals surface area (Å²) in [5.74, 6) is 0.318. The average Bonchev–Trinajstić information content (AvgIpc) is 3.25. The molecule has 1 aliphatic carbocycles. The van der Waals surface area contributed by atoms with Crippen LogP contribution in [0.25, 0.3) is 0 Å². The summed E-state index contributed by atoms with van der Waals surface area (Å²) in [6.45, 7) is 4.41. The molecule has 136 valence electrons. The van der Waals surface area contributed by atoms with Gasteiger partial charge in [-0.15, -0.1) is 17.5 Å². The van der Waals surface area contributed by atoms with E-state index in [1.54, 1.807) is 11.0 Å². The fourth-order valence-corrected chi connectivity index (χ4v) is 3.97. The van der Waals surface area contributed by atoms with E-state index in [4.69, 9.17) is 10.5 Å². The number of carbonyl (C=O) groups is 1. The van der Waals surface area contributed by atoms with Gasteiger partial charge in [0.15, 0.2) is 0 Å². The first kappa shape index (κ1) is 19.1. The van der Waals surface area contributed by atoms with Crippen LogP contribution < -0.4 is 5.73 Å². The van der Waals surface area contributed by atoms with Crippen molar-refractivity contribution >= 4 is 18.3 Å². The average molecular weight is 359 g/mol. The highest BCUT2D eigenvalue weighted by Crippen LogP contribution is 2.37. The van der Waals surface area contributed by atoms with Crippen molar-refractivity contribution in [3.63, 3.8) is 0 Å². The fourth-order valence-electron chi connectivity index (χ4n) is 3.97. The Bertz CT molecular complexity index is 520. The molecule has 2 heterocycles. The lowest BCUT2D eigenvalue weighted by molar-refractivity contribution is -0.143. The molecule has 1 amide bonds. The summed E-state index contributed by atoms with van der Waals surface area (Å²) in [6, 6.07) is 0. The van der Waals surface area contributed by atoms with E-state index in [0.717, 1.165) is 32.1 Å². The van der Waals surface area contributed by atoms with Gasteiger partial charge in [-0.25, -0.2) is 4.68 Å². The molecule has 2 atom stereocenters. The van der Waals surface area contributed by atoms with Gasteiger partial charge in [0.2, 0.25) is 0 Å². The molecule has 24 heavy (non-hydrogen) atoms.